The Labute approximate surface area is 119 Å². The van der Waals surface area contributed by atoms with Crippen molar-refractivity contribution in [3.63, 3.8) is 0 Å². The van der Waals surface area contributed by atoms with Gasteiger partial charge in [-0.25, -0.2) is 4.68 Å². The maximum atomic E-state index is 11.5. The van der Waals surface area contributed by atoms with E-state index in [0.29, 0.717) is 41.6 Å². The van der Waals surface area contributed by atoms with Gasteiger partial charge in [0.15, 0.2) is 0 Å². The summed E-state index contributed by atoms with van der Waals surface area (Å²) in [6.45, 7) is 1.31. The van der Waals surface area contributed by atoms with Crippen molar-refractivity contribution < 1.29 is 4.79 Å². The van der Waals surface area contributed by atoms with Crippen LogP contribution in [0, 0.1) is 0 Å². The van der Waals surface area contributed by atoms with Crippen molar-refractivity contribution in [2.45, 2.75) is 13.0 Å². The van der Waals surface area contributed by atoms with Gasteiger partial charge in [0.05, 0.1) is 22.1 Å². The first-order valence-corrected chi connectivity index (χ1v) is 6.52. The molecule has 1 aromatic carbocycles. The van der Waals surface area contributed by atoms with E-state index >= 15 is 0 Å². The SMILES string of the molecule is NCCNC(=O)CCn1nnc2cc(Cl)c(Cl)cc21. The maximum absolute atomic E-state index is 11.5. The smallest absolute Gasteiger partial charge is 0.221 e. The van der Waals surface area contributed by atoms with E-state index in [4.69, 9.17) is 28.9 Å². The summed E-state index contributed by atoms with van der Waals surface area (Å²) < 4.78 is 1.62. The predicted octanol–water partition coefficient (Wildman–Crippen LogP) is 1.20. The molecule has 0 bridgehead atoms. The zero-order chi connectivity index (χ0) is 13.8. The first-order chi connectivity index (χ1) is 9.11. The molecule has 0 fully saturated rings. The molecule has 0 aliphatic heterocycles. The van der Waals surface area contributed by atoms with E-state index in [-0.39, 0.29) is 5.91 Å². The number of carbonyl (C=O) groups excluding carboxylic acids is 1. The first kappa shape index (κ1) is 14.0. The molecule has 1 heterocycles. The number of hydrogen-bond donors (Lipinski definition) is 2. The molecular formula is C11H13Cl2N5O. The Kier molecular flexibility index (Phi) is 4.57. The van der Waals surface area contributed by atoms with Gasteiger partial charge >= 0.3 is 0 Å². The molecule has 2 rings (SSSR count). The Hall–Kier alpha value is -1.37. The fourth-order valence-electron chi connectivity index (χ4n) is 1.64. The molecule has 0 saturated carbocycles. The molecule has 102 valence electrons. The number of nitrogens with one attached hydrogen (secondary N) is 1. The van der Waals surface area contributed by atoms with E-state index in [2.05, 4.69) is 15.6 Å². The van der Waals surface area contributed by atoms with Gasteiger partial charge in [-0.3, -0.25) is 4.79 Å². The molecule has 0 aliphatic carbocycles. The summed E-state index contributed by atoms with van der Waals surface area (Å²) in [5, 5.41) is 11.5. The lowest BCUT2D eigenvalue weighted by molar-refractivity contribution is -0.121. The standard InChI is InChI=1S/C11H13Cl2N5O/c12-7-5-9-10(6-8(7)13)18(17-16-9)4-1-11(19)15-3-2-14/h5-6H,1-4,14H2,(H,15,19). The summed E-state index contributed by atoms with van der Waals surface area (Å²) in [6.07, 6.45) is 0.304. The number of aromatic nitrogens is 3. The van der Waals surface area contributed by atoms with Crippen LogP contribution in [-0.2, 0) is 11.3 Å². The van der Waals surface area contributed by atoms with Crippen LogP contribution in [0.5, 0.6) is 0 Å². The van der Waals surface area contributed by atoms with Crippen LogP contribution in [0.3, 0.4) is 0 Å². The van der Waals surface area contributed by atoms with Crippen molar-refractivity contribution >= 4 is 40.1 Å². The Morgan fingerprint density at radius 1 is 1.37 bits per heavy atom. The van der Waals surface area contributed by atoms with Gasteiger partial charge in [-0.1, -0.05) is 28.4 Å². The highest BCUT2D eigenvalue weighted by Crippen LogP contribution is 2.26. The van der Waals surface area contributed by atoms with Gasteiger partial charge in [-0.05, 0) is 12.1 Å². The van der Waals surface area contributed by atoms with Crippen molar-refractivity contribution in [2.75, 3.05) is 13.1 Å². The van der Waals surface area contributed by atoms with Gasteiger partial charge in [0.2, 0.25) is 5.91 Å². The van der Waals surface area contributed by atoms with Gasteiger partial charge in [-0.2, -0.15) is 0 Å². The van der Waals surface area contributed by atoms with Gasteiger partial charge in [0.25, 0.3) is 0 Å². The van der Waals surface area contributed by atoms with Gasteiger partial charge in [-0.15, -0.1) is 5.10 Å². The summed E-state index contributed by atoms with van der Waals surface area (Å²) >= 11 is 11.9. The van der Waals surface area contributed by atoms with Crippen LogP contribution in [0.4, 0.5) is 0 Å². The Morgan fingerprint density at radius 3 is 2.84 bits per heavy atom. The molecule has 8 heteroatoms. The van der Waals surface area contributed by atoms with Crippen molar-refractivity contribution in [1.82, 2.24) is 20.3 Å². The van der Waals surface area contributed by atoms with Crippen LogP contribution >= 0.6 is 23.2 Å². The zero-order valence-electron chi connectivity index (χ0n) is 10.1. The molecular weight excluding hydrogens is 289 g/mol. The topological polar surface area (TPSA) is 85.8 Å². The average molecular weight is 302 g/mol. The highest BCUT2D eigenvalue weighted by molar-refractivity contribution is 6.42. The third-order valence-corrected chi connectivity index (χ3v) is 3.30. The van der Waals surface area contributed by atoms with Crippen LogP contribution in [0.25, 0.3) is 11.0 Å². The van der Waals surface area contributed by atoms with Gasteiger partial charge in [0.1, 0.15) is 5.52 Å². The molecule has 6 nitrogen and oxygen atoms in total. The monoisotopic (exact) mass is 301 g/mol. The molecule has 0 unspecified atom stereocenters. The molecule has 0 saturated heterocycles. The van der Waals surface area contributed by atoms with Crippen molar-refractivity contribution in [3.05, 3.63) is 22.2 Å². The van der Waals surface area contributed by atoms with Gasteiger partial charge in [0, 0.05) is 19.5 Å². The lowest BCUT2D eigenvalue weighted by Crippen LogP contribution is -2.29. The van der Waals surface area contributed by atoms with E-state index < -0.39 is 0 Å². The molecule has 19 heavy (non-hydrogen) atoms. The fourth-order valence-corrected chi connectivity index (χ4v) is 1.95. The summed E-state index contributed by atoms with van der Waals surface area (Å²) in [5.41, 5.74) is 6.70. The fraction of sp³-hybridized carbons (Fsp3) is 0.364. The number of benzene rings is 1. The highest BCUT2D eigenvalue weighted by Gasteiger charge is 2.09. The molecule has 0 spiro atoms. The van der Waals surface area contributed by atoms with Crippen molar-refractivity contribution in [1.29, 1.82) is 0 Å². The zero-order valence-corrected chi connectivity index (χ0v) is 11.6. The second kappa shape index (κ2) is 6.18. The van der Waals surface area contributed by atoms with E-state index in [1.165, 1.54) is 0 Å². The largest absolute Gasteiger partial charge is 0.355 e. The van der Waals surface area contributed by atoms with Crippen LogP contribution in [0.15, 0.2) is 12.1 Å². The minimum Gasteiger partial charge on any atom is -0.355 e. The number of amides is 1. The second-order valence-corrected chi connectivity index (χ2v) is 4.77. The average Bonchev–Trinajstić information content (AvgIpc) is 2.77. The summed E-state index contributed by atoms with van der Waals surface area (Å²) in [7, 11) is 0. The number of halogens is 2. The summed E-state index contributed by atoms with van der Waals surface area (Å²) in [4.78, 5) is 11.5. The first-order valence-electron chi connectivity index (χ1n) is 5.77. The van der Waals surface area contributed by atoms with Gasteiger partial charge < -0.3 is 11.1 Å². The Balaban J connectivity index is 2.09. The third-order valence-electron chi connectivity index (χ3n) is 2.57. The number of nitrogens with two attached hydrogens (primary N) is 1. The molecule has 1 aromatic heterocycles. The minimum absolute atomic E-state index is 0.0749. The lowest BCUT2D eigenvalue weighted by atomic mass is 10.3. The van der Waals surface area contributed by atoms with Crippen molar-refractivity contribution in [2.24, 2.45) is 5.73 Å². The van der Waals surface area contributed by atoms with Crippen LogP contribution in [0.1, 0.15) is 6.42 Å². The Morgan fingerprint density at radius 2 is 2.11 bits per heavy atom. The number of carbonyl (C=O) groups is 1. The number of fused-ring (bicyclic) bond motifs is 1. The summed E-state index contributed by atoms with van der Waals surface area (Å²) in [6, 6.07) is 3.34. The molecule has 0 atom stereocenters. The molecule has 3 N–H and O–H groups in total. The van der Waals surface area contributed by atoms with Crippen LogP contribution in [0.2, 0.25) is 10.0 Å². The van der Waals surface area contributed by atoms with E-state index in [9.17, 15) is 4.79 Å². The minimum atomic E-state index is -0.0749. The third kappa shape index (κ3) is 3.34. The number of nitrogens with zero attached hydrogens (tertiary/aromatic N) is 3. The Bertz CT molecular complexity index is 598. The van der Waals surface area contributed by atoms with Crippen LogP contribution < -0.4 is 11.1 Å². The molecule has 2 aromatic rings. The molecule has 0 radical (unpaired) electrons. The highest BCUT2D eigenvalue weighted by atomic mass is 35.5. The second-order valence-electron chi connectivity index (χ2n) is 3.96. The van der Waals surface area contributed by atoms with Crippen molar-refractivity contribution in [3.8, 4) is 0 Å². The predicted molar refractivity (Wildman–Crippen MR) is 74.2 cm³/mol. The number of rotatable bonds is 5. The normalized spacial score (nSPS) is 10.9. The van der Waals surface area contributed by atoms with E-state index in [0.717, 1.165) is 5.52 Å². The number of aryl methyl sites for hydroxylation is 1. The summed E-state index contributed by atoms with van der Waals surface area (Å²) in [5.74, 6) is -0.0749. The van der Waals surface area contributed by atoms with Crippen LogP contribution in [-0.4, -0.2) is 34.0 Å². The van der Waals surface area contributed by atoms with E-state index in [1.807, 2.05) is 0 Å². The molecule has 1 amide bonds. The quantitative estimate of drug-likeness (QED) is 0.869. The molecule has 0 aliphatic rings. The number of hydrogen-bond acceptors (Lipinski definition) is 4. The van der Waals surface area contributed by atoms with E-state index in [1.54, 1.807) is 16.8 Å². The lowest BCUT2D eigenvalue weighted by Gasteiger charge is -2.04. The maximum Gasteiger partial charge on any atom is 0.221 e.